The van der Waals surface area contributed by atoms with E-state index in [1.54, 1.807) is 28.7 Å². The Balaban J connectivity index is 1.62. The molecule has 3 rings (SSSR count). The highest BCUT2D eigenvalue weighted by Gasteiger charge is 2.25. The number of aryl methyl sites for hydroxylation is 1. The fourth-order valence-corrected chi connectivity index (χ4v) is 3.15. The third-order valence-corrected chi connectivity index (χ3v) is 4.55. The lowest BCUT2D eigenvalue weighted by Gasteiger charge is -2.31. The number of imidazole rings is 1. The number of pyridine rings is 1. The molecule has 1 fully saturated rings. The molecule has 2 aromatic rings. The van der Waals surface area contributed by atoms with Crippen LogP contribution in [-0.2, 0) is 11.3 Å². The van der Waals surface area contributed by atoms with E-state index in [9.17, 15) is 9.59 Å². The quantitative estimate of drug-likeness (QED) is 0.851. The van der Waals surface area contributed by atoms with Crippen LogP contribution in [0.3, 0.4) is 0 Å². The zero-order chi connectivity index (χ0) is 18.7. The second-order valence-corrected chi connectivity index (χ2v) is 6.21. The smallest absolute Gasteiger partial charge is 0.409 e. The minimum absolute atomic E-state index is 0.0159. The van der Waals surface area contributed by atoms with Crippen LogP contribution in [0, 0.1) is 0 Å². The first-order valence-corrected chi connectivity index (χ1v) is 8.87. The summed E-state index contributed by atoms with van der Waals surface area (Å²) < 4.78 is 6.79. The van der Waals surface area contributed by atoms with Crippen molar-refractivity contribution < 1.29 is 14.3 Å². The fourth-order valence-electron chi connectivity index (χ4n) is 3.15. The number of hydrogen-bond donors (Lipinski definition) is 2. The molecule has 0 bridgehead atoms. The number of aromatic nitrogens is 3. The molecule has 0 aliphatic carbocycles. The number of amides is 2. The van der Waals surface area contributed by atoms with Gasteiger partial charge in [0.15, 0.2) is 5.65 Å². The van der Waals surface area contributed by atoms with Gasteiger partial charge in [0.2, 0.25) is 5.95 Å². The van der Waals surface area contributed by atoms with Crippen molar-refractivity contribution in [2.24, 2.45) is 0 Å². The number of hydrogen-bond acceptors (Lipinski definition) is 6. The molecule has 2 aromatic heterocycles. The monoisotopic (exact) mass is 360 g/mol. The van der Waals surface area contributed by atoms with Crippen LogP contribution >= 0.6 is 0 Å². The minimum Gasteiger partial charge on any atom is -0.450 e. The van der Waals surface area contributed by atoms with Crippen molar-refractivity contribution in [2.75, 3.05) is 25.4 Å². The van der Waals surface area contributed by atoms with Crippen LogP contribution in [0.25, 0.3) is 11.2 Å². The van der Waals surface area contributed by atoms with E-state index >= 15 is 0 Å². The summed E-state index contributed by atoms with van der Waals surface area (Å²) in [5, 5.41) is 3.00. The predicted molar refractivity (Wildman–Crippen MR) is 96.7 cm³/mol. The molecule has 0 aromatic carbocycles. The number of ether oxygens (including phenoxy) is 1. The molecule has 0 saturated carbocycles. The summed E-state index contributed by atoms with van der Waals surface area (Å²) in [7, 11) is 0. The van der Waals surface area contributed by atoms with E-state index < -0.39 is 0 Å². The molecule has 1 aliphatic heterocycles. The molecule has 1 aliphatic rings. The highest BCUT2D eigenvalue weighted by Crippen LogP contribution is 2.17. The van der Waals surface area contributed by atoms with E-state index in [2.05, 4.69) is 15.3 Å². The number of nitrogens with zero attached hydrogens (tertiary/aromatic N) is 4. The van der Waals surface area contributed by atoms with Gasteiger partial charge in [0.05, 0.1) is 12.2 Å². The first-order valence-electron chi connectivity index (χ1n) is 8.87. The van der Waals surface area contributed by atoms with Crippen molar-refractivity contribution in [3.05, 3.63) is 17.8 Å². The Bertz CT molecular complexity index is 810. The Labute approximate surface area is 151 Å². The topological polar surface area (TPSA) is 115 Å². The minimum atomic E-state index is -0.295. The van der Waals surface area contributed by atoms with E-state index in [1.165, 1.54) is 0 Å². The van der Waals surface area contributed by atoms with Gasteiger partial charge >= 0.3 is 6.09 Å². The molecule has 9 heteroatoms. The zero-order valence-electron chi connectivity index (χ0n) is 15.1. The van der Waals surface area contributed by atoms with Crippen LogP contribution in [0.4, 0.5) is 10.7 Å². The van der Waals surface area contributed by atoms with Crippen LogP contribution in [0.5, 0.6) is 0 Å². The van der Waals surface area contributed by atoms with Gasteiger partial charge < -0.3 is 20.7 Å². The summed E-state index contributed by atoms with van der Waals surface area (Å²) in [6.45, 7) is 5.91. The number of nitrogens with one attached hydrogen (secondary N) is 1. The maximum Gasteiger partial charge on any atom is 0.409 e. The number of anilines is 1. The second-order valence-electron chi connectivity index (χ2n) is 6.21. The maximum absolute atomic E-state index is 12.5. The number of carbonyl (C=O) groups excluding carboxylic acids is 2. The van der Waals surface area contributed by atoms with Crippen molar-refractivity contribution in [2.45, 2.75) is 39.3 Å². The normalized spacial score (nSPS) is 15.2. The van der Waals surface area contributed by atoms with E-state index in [-0.39, 0.29) is 18.0 Å². The summed E-state index contributed by atoms with van der Waals surface area (Å²) in [6.07, 6.45) is 2.63. The molecule has 2 amide bonds. The first kappa shape index (κ1) is 18.0. The number of carbonyl (C=O) groups is 2. The van der Waals surface area contributed by atoms with Gasteiger partial charge in [0, 0.05) is 31.9 Å². The fraction of sp³-hybridized carbons (Fsp3) is 0.529. The van der Waals surface area contributed by atoms with Gasteiger partial charge in [0.25, 0.3) is 5.91 Å². The number of fused-ring (bicyclic) bond motifs is 1. The molecule has 3 heterocycles. The molecule has 0 unspecified atom stereocenters. The standard InChI is InChI=1S/C17H24N6O3/c1-3-23-14-13(21-16(23)18)9-11(10-19-14)15(24)20-12-5-7-22(8-6-12)17(25)26-4-2/h9-10,12H,3-8H2,1-2H3,(H2,18,21)(H,20,24). The second kappa shape index (κ2) is 7.59. The lowest BCUT2D eigenvalue weighted by Crippen LogP contribution is -2.46. The number of rotatable bonds is 4. The molecule has 140 valence electrons. The van der Waals surface area contributed by atoms with Gasteiger partial charge in [-0.05, 0) is 32.8 Å². The predicted octanol–water partition coefficient (Wildman–Crippen LogP) is 1.38. The van der Waals surface area contributed by atoms with Gasteiger partial charge in [-0.1, -0.05) is 0 Å². The van der Waals surface area contributed by atoms with Crippen LogP contribution < -0.4 is 11.1 Å². The highest BCUT2D eigenvalue weighted by atomic mass is 16.6. The van der Waals surface area contributed by atoms with Crippen molar-refractivity contribution in [3.63, 3.8) is 0 Å². The summed E-state index contributed by atoms with van der Waals surface area (Å²) in [5.41, 5.74) is 7.59. The SMILES string of the molecule is CCOC(=O)N1CCC(NC(=O)c2cnc3c(c2)nc(N)n3CC)CC1. The average Bonchev–Trinajstić information content (AvgIpc) is 2.96. The van der Waals surface area contributed by atoms with Crippen molar-refractivity contribution in [1.82, 2.24) is 24.8 Å². The van der Waals surface area contributed by atoms with Gasteiger partial charge in [-0.25, -0.2) is 14.8 Å². The lowest BCUT2D eigenvalue weighted by molar-refractivity contribution is 0.0860. The van der Waals surface area contributed by atoms with Gasteiger partial charge in [-0.15, -0.1) is 0 Å². The number of likely N-dealkylation sites (tertiary alicyclic amines) is 1. The Kier molecular flexibility index (Phi) is 5.24. The molecule has 0 atom stereocenters. The van der Waals surface area contributed by atoms with Gasteiger partial charge in [0.1, 0.15) is 5.52 Å². The van der Waals surface area contributed by atoms with Crippen molar-refractivity contribution >= 4 is 29.1 Å². The van der Waals surface area contributed by atoms with Gasteiger partial charge in [-0.3, -0.25) is 9.36 Å². The van der Waals surface area contributed by atoms with Gasteiger partial charge in [-0.2, -0.15) is 0 Å². The van der Waals surface area contributed by atoms with Crippen LogP contribution in [0.2, 0.25) is 0 Å². The first-order chi connectivity index (χ1) is 12.5. The summed E-state index contributed by atoms with van der Waals surface area (Å²) in [6, 6.07) is 1.72. The van der Waals surface area contributed by atoms with E-state index in [4.69, 9.17) is 10.5 Å². The summed E-state index contributed by atoms with van der Waals surface area (Å²) in [4.78, 5) is 34.5. The Morgan fingerprint density at radius 3 is 2.73 bits per heavy atom. The molecule has 0 radical (unpaired) electrons. The Morgan fingerprint density at radius 2 is 2.08 bits per heavy atom. The largest absolute Gasteiger partial charge is 0.450 e. The third-order valence-electron chi connectivity index (χ3n) is 4.55. The molecule has 1 saturated heterocycles. The molecular formula is C17H24N6O3. The zero-order valence-corrected chi connectivity index (χ0v) is 15.1. The maximum atomic E-state index is 12.5. The molecule has 26 heavy (non-hydrogen) atoms. The van der Waals surface area contributed by atoms with E-state index in [0.29, 0.717) is 61.8 Å². The Hall–Kier alpha value is -2.84. The number of nitrogen functional groups attached to an aromatic ring is 1. The lowest BCUT2D eigenvalue weighted by atomic mass is 10.0. The Morgan fingerprint density at radius 1 is 1.35 bits per heavy atom. The van der Waals surface area contributed by atoms with Crippen molar-refractivity contribution in [1.29, 1.82) is 0 Å². The van der Waals surface area contributed by atoms with Crippen LogP contribution in [0.1, 0.15) is 37.0 Å². The molecular weight excluding hydrogens is 336 g/mol. The average molecular weight is 360 g/mol. The molecule has 9 nitrogen and oxygen atoms in total. The number of nitrogens with two attached hydrogens (primary N) is 1. The molecule has 0 spiro atoms. The van der Waals surface area contributed by atoms with Crippen LogP contribution in [-0.4, -0.2) is 57.2 Å². The number of piperidine rings is 1. The van der Waals surface area contributed by atoms with E-state index in [0.717, 1.165) is 0 Å². The summed E-state index contributed by atoms with van der Waals surface area (Å²) in [5.74, 6) is 0.192. The molecule has 3 N–H and O–H groups in total. The van der Waals surface area contributed by atoms with E-state index in [1.807, 2.05) is 6.92 Å². The van der Waals surface area contributed by atoms with Crippen LogP contribution in [0.15, 0.2) is 12.3 Å². The summed E-state index contributed by atoms with van der Waals surface area (Å²) >= 11 is 0. The van der Waals surface area contributed by atoms with Crippen molar-refractivity contribution in [3.8, 4) is 0 Å². The third kappa shape index (κ3) is 3.56. The highest BCUT2D eigenvalue weighted by molar-refractivity contribution is 5.96.